The van der Waals surface area contributed by atoms with Crippen LogP contribution < -0.4 is 21.4 Å². The summed E-state index contributed by atoms with van der Waals surface area (Å²) in [6.07, 6.45) is 5.10. The van der Waals surface area contributed by atoms with E-state index in [1.54, 1.807) is 18.2 Å². The number of amides is 3. The van der Waals surface area contributed by atoms with E-state index in [4.69, 9.17) is 5.21 Å². The van der Waals surface area contributed by atoms with Crippen molar-refractivity contribution < 1.29 is 24.7 Å². The van der Waals surface area contributed by atoms with Crippen LogP contribution in [0.5, 0.6) is 0 Å². The number of benzene rings is 2. The Morgan fingerprint density at radius 1 is 0.974 bits per heavy atom. The van der Waals surface area contributed by atoms with Crippen molar-refractivity contribution >= 4 is 23.4 Å². The lowest BCUT2D eigenvalue weighted by atomic mass is 9.89. The van der Waals surface area contributed by atoms with E-state index in [2.05, 4.69) is 39.6 Å². The Morgan fingerprint density at radius 3 is 2.36 bits per heavy atom. The lowest BCUT2D eigenvalue weighted by molar-refractivity contribution is -0.133. The summed E-state index contributed by atoms with van der Waals surface area (Å²) in [5, 5.41) is 27.0. The minimum absolute atomic E-state index is 0.118. The normalized spacial score (nSPS) is 14.4. The average Bonchev–Trinajstić information content (AvgIpc) is 2.95. The number of aliphatic hydroxyl groups excluding tert-OH is 1. The van der Waals surface area contributed by atoms with Crippen LogP contribution in [0.25, 0.3) is 0 Å². The maximum Gasteiger partial charge on any atom is 0.268 e. The van der Waals surface area contributed by atoms with Crippen LogP contribution in [0.3, 0.4) is 0 Å². The van der Waals surface area contributed by atoms with Crippen molar-refractivity contribution in [1.29, 1.82) is 0 Å². The Kier molecular flexibility index (Phi) is 11.5. The fraction of sp³-hybridized carbons (Fsp3) is 0.367. The van der Waals surface area contributed by atoms with Gasteiger partial charge in [0.05, 0.1) is 18.3 Å². The predicted octanol–water partition coefficient (Wildman–Crippen LogP) is 2.18. The highest BCUT2D eigenvalue weighted by molar-refractivity contribution is 5.97. The van der Waals surface area contributed by atoms with Gasteiger partial charge in [-0.1, -0.05) is 43.2 Å². The number of carbonyl (C=O) groups is 3. The second-order valence-corrected chi connectivity index (χ2v) is 9.47. The first-order valence-electron chi connectivity index (χ1n) is 13.0. The fourth-order valence-electron chi connectivity index (χ4n) is 4.28. The minimum Gasteiger partial charge on any atom is -0.391 e. The van der Waals surface area contributed by atoms with Crippen LogP contribution in [0.15, 0.2) is 48.5 Å². The molecular formula is C30H34N4O5. The van der Waals surface area contributed by atoms with Crippen molar-refractivity contribution in [3.8, 4) is 23.7 Å². The van der Waals surface area contributed by atoms with Crippen molar-refractivity contribution in [2.45, 2.75) is 51.2 Å². The van der Waals surface area contributed by atoms with Crippen molar-refractivity contribution in [2.24, 2.45) is 5.92 Å². The summed E-state index contributed by atoms with van der Waals surface area (Å²) in [5.74, 6) is 10.4. The molecule has 3 amide bonds. The molecule has 6 N–H and O–H groups in total. The monoisotopic (exact) mass is 530 g/mol. The van der Waals surface area contributed by atoms with E-state index in [-0.39, 0.29) is 18.0 Å². The molecule has 2 aromatic rings. The standard InChI is InChI=1S/C30H34N4O5/c1-21(35)28(30(38)34-39)33-29(37)25-17-15-22(16-18-25)9-5-6-12-24-13-7-8-14-26(24)32-27(36)20-31-19-23-10-3-2-4-11-23/h7-8,13-18,21,23,28,31,35,39H,2-4,10-11,19-20H2,1H3,(H,32,36)(H,33,37)(H,34,38)/t21-,28+/m1/s1. The Balaban J connectivity index is 1.55. The first kappa shape index (κ1) is 29.4. The van der Waals surface area contributed by atoms with Gasteiger partial charge in [-0.3, -0.25) is 19.6 Å². The van der Waals surface area contributed by atoms with E-state index in [0.717, 1.165) is 6.54 Å². The first-order chi connectivity index (χ1) is 18.9. The summed E-state index contributed by atoms with van der Waals surface area (Å²) in [6, 6.07) is 12.3. The van der Waals surface area contributed by atoms with Crippen LogP contribution in [0.1, 0.15) is 60.5 Å². The number of nitrogens with one attached hydrogen (secondary N) is 4. The largest absolute Gasteiger partial charge is 0.391 e. The number of rotatable bonds is 9. The number of hydrogen-bond acceptors (Lipinski definition) is 6. The SMILES string of the molecule is C[C@@H](O)[C@H](NC(=O)c1ccc(C#CC#Cc2ccccc2NC(=O)CNCC2CCCCC2)cc1)C(=O)NO. The second-order valence-electron chi connectivity index (χ2n) is 9.47. The molecule has 2 atom stereocenters. The highest BCUT2D eigenvalue weighted by Crippen LogP contribution is 2.22. The molecule has 0 aliphatic heterocycles. The maximum atomic E-state index is 12.4. The molecule has 1 aliphatic carbocycles. The molecule has 1 fully saturated rings. The van der Waals surface area contributed by atoms with Crippen molar-refractivity contribution in [1.82, 2.24) is 16.1 Å². The predicted molar refractivity (Wildman–Crippen MR) is 148 cm³/mol. The highest BCUT2D eigenvalue weighted by Gasteiger charge is 2.25. The summed E-state index contributed by atoms with van der Waals surface area (Å²) >= 11 is 0. The van der Waals surface area contributed by atoms with E-state index >= 15 is 0 Å². The lowest BCUT2D eigenvalue weighted by Crippen LogP contribution is -2.51. The Morgan fingerprint density at radius 2 is 1.67 bits per heavy atom. The molecule has 39 heavy (non-hydrogen) atoms. The summed E-state index contributed by atoms with van der Waals surface area (Å²) in [5.41, 5.74) is 3.56. The number of carbonyl (C=O) groups excluding carboxylic acids is 3. The molecular weight excluding hydrogens is 496 g/mol. The topological polar surface area (TPSA) is 140 Å². The van der Waals surface area contributed by atoms with Gasteiger partial charge in [0.25, 0.3) is 11.8 Å². The van der Waals surface area contributed by atoms with Gasteiger partial charge < -0.3 is 21.1 Å². The molecule has 1 aliphatic rings. The molecule has 0 unspecified atom stereocenters. The van der Waals surface area contributed by atoms with Crippen LogP contribution in [0, 0.1) is 29.6 Å². The first-order valence-corrected chi connectivity index (χ1v) is 13.0. The second kappa shape index (κ2) is 15.3. The van der Waals surface area contributed by atoms with Gasteiger partial charge in [0.2, 0.25) is 5.91 Å². The van der Waals surface area contributed by atoms with E-state index in [1.807, 2.05) is 18.2 Å². The summed E-state index contributed by atoms with van der Waals surface area (Å²) < 4.78 is 0. The zero-order valence-corrected chi connectivity index (χ0v) is 21.9. The minimum atomic E-state index is -1.30. The van der Waals surface area contributed by atoms with Gasteiger partial charge in [-0.2, -0.15) is 0 Å². The van der Waals surface area contributed by atoms with E-state index < -0.39 is 24.0 Å². The molecule has 9 nitrogen and oxygen atoms in total. The molecule has 0 spiro atoms. The molecule has 1 saturated carbocycles. The van der Waals surface area contributed by atoms with Gasteiger partial charge >= 0.3 is 0 Å². The Bertz CT molecular complexity index is 1260. The highest BCUT2D eigenvalue weighted by atomic mass is 16.5. The van der Waals surface area contributed by atoms with Crippen LogP contribution in [0.2, 0.25) is 0 Å². The van der Waals surface area contributed by atoms with E-state index in [0.29, 0.717) is 22.7 Å². The van der Waals surface area contributed by atoms with Gasteiger partial charge in [0.15, 0.2) is 0 Å². The van der Waals surface area contributed by atoms with Gasteiger partial charge in [-0.05, 0) is 80.5 Å². The van der Waals surface area contributed by atoms with E-state index in [9.17, 15) is 19.5 Å². The number of hydroxylamine groups is 1. The van der Waals surface area contributed by atoms with E-state index in [1.165, 1.54) is 56.6 Å². The van der Waals surface area contributed by atoms with Crippen LogP contribution in [0.4, 0.5) is 5.69 Å². The molecule has 0 heterocycles. The number of hydrogen-bond donors (Lipinski definition) is 6. The third-order valence-corrected chi connectivity index (χ3v) is 6.42. The molecule has 204 valence electrons. The molecule has 0 aromatic heterocycles. The molecule has 0 radical (unpaired) electrons. The zero-order chi connectivity index (χ0) is 28.0. The molecule has 9 heteroatoms. The van der Waals surface area contributed by atoms with Crippen LogP contribution in [-0.4, -0.2) is 53.3 Å². The quantitative estimate of drug-likeness (QED) is 0.167. The third kappa shape index (κ3) is 9.59. The molecule has 2 aromatic carbocycles. The van der Waals surface area contributed by atoms with Crippen molar-refractivity contribution in [3.05, 3.63) is 65.2 Å². The molecule has 0 bridgehead atoms. The summed E-state index contributed by atoms with van der Waals surface area (Å²) in [7, 11) is 0. The number of anilines is 1. The van der Waals surface area contributed by atoms with Crippen LogP contribution >= 0.6 is 0 Å². The summed E-state index contributed by atoms with van der Waals surface area (Å²) in [6.45, 7) is 2.43. The average molecular weight is 531 g/mol. The molecule has 0 saturated heterocycles. The maximum absolute atomic E-state index is 12.4. The summed E-state index contributed by atoms with van der Waals surface area (Å²) in [4.78, 5) is 36.4. The van der Waals surface area contributed by atoms with Crippen molar-refractivity contribution in [3.63, 3.8) is 0 Å². The lowest BCUT2D eigenvalue weighted by Gasteiger charge is -2.21. The van der Waals surface area contributed by atoms with Gasteiger partial charge in [-0.15, -0.1) is 0 Å². The zero-order valence-electron chi connectivity index (χ0n) is 21.9. The van der Waals surface area contributed by atoms with Gasteiger partial charge in [0.1, 0.15) is 6.04 Å². The number of aliphatic hydroxyl groups is 1. The van der Waals surface area contributed by atoms with Crippen molar-refractivity contribution in [2.75, 3.05) is 18.4 Å². The molecule has 3 rings (SSSR count). The Labute approximate surface area is 228 Å². The van der Waals surface area contributed by atoms with Gasteiger partial charge in [-0.25, -0.2) is 5.48 Å². The van der Waals surface area contributed by atoms with Crippen LogP contribution in [-0.2, 0) is 9.59 Å². The van der Waals surface area contributed by atoms with Gasteiger partial charge in [0, 0.05) is 16.7 Å². The fourth-order valence-corrected chi connectivity index (χ4v) is 4.28. The smallest absolute Gasteiger partial charge is 0.268 e. The third-order valence-electron chi connectivity index (χ3n) is 6.42. The Hall–Kier alpha value is -4.15. The number of para-hydroxylation sites is 1.